The van der Waals surface area contributed by atoms with Gasteiger partial charge in [-0.15, -0.1) is 0 Å². The number of nitrogens with one attached hydrogen (secondary N) is 2. The van der Waals surface area contributed by atoms with Crippen molar-refractivity contribution >= 4 is 32.6 Å². The Hall–Kier alpha value is -3.44. The van der Waals surface area contributed by atoms with E-state index in [-0.39, 0.29) is 22.0 Å². The van der Waals surface area contributed by atoms with Gasteiger partial charge in [0.25, 0.3) is 0 Å². The smallest absolute Gasteiger partial charge is 0.214 e. The number of allylic oxidation sites excluding steroid dienone is 1. The lowest BCUT2D eigenvalue weighted by molar-refractivity contribution is 0.345. The van der Waals surface area contributed by atoms with E-state index in [2.05, 4.69) is 20.5 Å². The molecule has 1 aromatic heterocycles. The average molecular weight is 473 g/mol. The molecule has 1 atom stereocenters. The molecule has 3 aromatic rings. The summed E-state index contributed by atoms with van der Waals surface area (Å²) in [6.07, 6.45) is 1.01. The van der Waals surface area contributed by atoms with Crippen LogP contribution in [0.3, 0.4) is 0 Å². The number of aromatic nitrogens is 2. The maximum Gasteiger partial charge on any atom is 0.214 e. The van der Waals surface area contributed by atoms with Crippen molar-refractivity contribution in [2.24, 2.45) is 10.7 Å². The molecule has 0 fully saturated rings. The van der Waals surface area contributed by atoms with Crippen molar-refractivity contribution in [2.75, 3.05) is 24.8 Å². The Morgan fingerprint density at radius 3 is 2.70 bits per heavy atom. The van der Waals surface area contributed by atoms with Gasteiger partial charge in [-0.1, -0.05) is 6.92 Å². The summed E-state index contributed by atoms with van der Waals surface area (Å²) in [7, 11) is -0.395. The third-order valence-electron chi connectivity index (χ3n) is 5.69. The summed E-state index contributed by atoms with van der Waals surface area (Å²) < 4.78 is 45.2. The number of halogens is 1. The number of aromatic amines is 1. The fraction of sp³-hybridized carbons (Fsp3) is 0.273. The van der Waals surface area contributed by atoms with E-state index < -0.39 is 21.5 Å². The summed E-state index contributed by atoms with van der Waals surface area (Å²) in [6, 6.07) is 9.91. The predicted octanol–water partition coefficient (Wildman–Crippen LogP) is 2.69. The Morgan fingerprint density at radius 2 is 2.00 bits per heavy atom. The van der Waals surface area contributed by atoms with E-state index in [1.807, 2.05) is 25.1 Å². The second kappa shape index (κ2) is 8.16. The molecule has 0 aliphatic carbocycles. The molecule has 33 heavy (non-hydrogen) atoms. The number of sulfone groups is 1. The van der Waals surface area contributed by atoms with Crippen LogP contribution in [0.15, 0.2) is 57.9 Å². The molecule has 0 bridgehead atoms. The lowest BCUT2D eigenvalue weighted by atomic mass is 10.1. The molecule has 0 spiro atoms. The number of hydrogen-bond acceptors (Lipinski definition) is 8. The molecule has 11 heteroatoms. The quantitative estimate of drug-likeness (QED) is 0.504. The van der Waals surface area contributed by atoms with Crippen molar-refractivity contribution in [1.29, 1.82) is 0 Å². The van der Waals surface area contributed by atoms with Gasteiger partial charge in [0.2, 0.25) is 5.79 Å². The third kappa shape index (κ3) is 3.93. The molecule has 0 radical (unpaired) electrons. The van der Waals surface area contributed by atoms with Crippen molar-refractivity contribution in [3.63, 3.8) is 0 Å². The molecule has 2 aromatic carbocycles. The van der Waals surface area contributed by atoms with Gasteiger partial charge in [0.1, 0.15) is 11.6 Å². The van der Waals surface area contributed by atoms with Crippen LogP contribution in [0.4, 0.5) is 10.1 Å². The molecule has 1 unspecified atom stereocenters. The van der Waals surface area contributed by atoms with Crippen molar-refractivity contribution in [1.82, 2.24) is 15.5 Å². The number of aliphatic imine (C=N–C) groups is 1. The number of H-pyrrole nitrogens is 1. The topological polar surface area (TPSA) is 126 Å². The molecule has 0 saturated heterocycles. The van der Waals surface area contributed by atoms with Crippen LogP contribution in [0.25, 0.3) is 10.9 Å². The Balaban J connectivity index is 1.74. The highest BCUT2D eigenvalue weighted by Gasteiger charge is 2.36. The first-order chi connectivity index (χ1) is 15.6. The summed E-state index contributed by atoms with van der Waals surface area (Å²) in [5.41, 5.74) is 9.14. The summed E-state index contributed by atoms with van der Waals surface area (Å²) in [5.74, 6) is -2.00. The van der Waals surface area contributed by atoms with Crippen LogP contribution in [0.5, 0.6) is 5.75 Å². The number of methoxy groups -OCH3 is 1. The van der Waals surface area contributed by atoms with Crippen LogP contribution in [0.2, 0.25) is 0 Å². The first-order valence-corrected chi connectivity index (χ1v) is 11.9. The highest BCUT2D eigenvalue weighted by Crippen LogP contribution is 2.34. The van der Waals surface area contributed by atoms with E-state index in [4.69, 9.17) is 10.5 Å². The van der Waals surface area contributed by atoms with E-state index in [1.54, 1.807) is 18.9 Å². The number of nitrogens with two attached hydrogens (primary N) is 1. The molecule has 4 rings (SSSR count). The number of benzene rings is 2. The molecular weight excluding hydrogens is 447 g/mol. The van der Waals surface area contributed by atoms with E-state index in [0.29, 0.717) is 11.4 Å². The van der Waals surface area contributed by atoms with Crippen molar-refractivity contribution in [3.8, 4) is 5.75 Å². The van der Waals surface area contributed by atoms with Gasteiger partial charge < -0.3 is 15.0 Å². The minimum absolute atomic E-state index is 0.0601. The van der Waals surface area contributed by atoms with Crippen LogP contribution < -0.4 is 20.7 Å². The highest BCUT2D eigenvalue weighted by atomic mass is 32.2. The average Bonchev–Trinajstić information content (AvgIpc) is 3.19. The Morgan fingerprint density at radius 1 is 1.24 bits per heavy atom. The zero-order valence-corrected chi connectivity index (χ0v) is 19.5. The zero-order valence-electron chi connectivity index (χ0n) is 18.7. The number of aryl methyl sites for hydroxylation is 1. The number of fused-ring (bicyclic) bond motifs is 1. The largest absolute Gasteiger partial charge is 0.496 e. The maximum atomic E-state index is 14.9. The van der Waals surface area contributed by atoms with Gasteiger partial charge >= 0.3 is 0 Å². The first-order valence-electron chi connectivity index (χ1n) is 10.2. The van der Waals surface area contributed by atoms with Gasteiger partial charge in [0, 0.05) is 23.8 Å². The lowest BCUT2D eigenvalue weighted by Crippen LogP contribution is -2.53. The van der Waals surface area contributed by atoms with Crippen molar-refractivity contribution in [2.45, 2.75) is 24.5 Å². The lowest BCUT2D eigenvalue weighted by Gasteiger charge is -2.36. The summed E-state index contributed by atoms with van der Waals surface area (Å²) >= 11 is 0. The first kappa shape index (κ1) is 22.7. The fourth-order valence-corrected chi connectivity index (χ4v) is 4.60. The Labute approximate surface area is 191 Å². The SMILES string of the molecule is CCS(=O)(=O)c1ccc(OC)c(C2(N)N=CC(F)=C(N(C)c3ccc4c(C)[nH]nc4c3)N2)c1. The van der Waals surface area contributed by atoms with Gasteiger partial charge in [-0.05, 0) is 43.3 Å². The number of nitrogens with zero attached hydrogens (tertiary/aromatic N) is 3. The normalized spacial score (nSPS) is 18.5. The Bertz CT molecular complexity index is 1400. The van der Waals surface area contributed by atoms with Gasteiger partial charge in [-0.25, -0.2) is 17.8 Å². The Kier molecular flexibility index (Phi) is 5.62. The van der Waals surface area contributed by atoms with E-state index in [9.17, 15) is 12.8 Å². The van der Waals surface area contributed by atoms with Gasteiger partial charge in [-0.3, -0.25) is 10.8 Å². The molecule has 1 aliphatic heterocycles. The van der Waals surface area contributed by atoms with E-state index >= 15 is 0 Å². The summed E-state index contributed by atoms with van der Waals surface area (Å²) in [5, 5.41) is 11.1. The molecule has 4 N–H and O–H groups in total. The fourth-order valence-electron chi connectivity index (χ4n) is 3.69. The number of hydrogen-bond donors (Lipinski definition) is 3. The molecular formula is C22H25FN6O3S. The minimum Gasteiger partial charge on any atom is -0.496 e. The maximum absolute atomic E-state index is 14.9. The zero-order chi connectivity index (χ0) is 24.0. The van der Waals surface area contributed by atoms with Crippen LogP contribution in [-0.2, 0) is 15.6 Å². The van der Waals surface area contributed by atoms with Gasteiger partial charge in [0.05, 0.1) is 35.1 Å². The van der Waals surface area contributed by atoms with E-state index in [1.165, 1.54) is 25.3 Å². The summed E-state index contributed by atoms with van der Waals surface area (Å²) in [6.45, 7) is 3.47. The monoisotopic (exact) mass is 472 g/mol. The standard InChI is InChI=1S/C22H25FN6O3S/c1-5-33(30,31)15-7-9-20(32-4)17(11-15)22(24)25-12-18(23)21(26-22)29(3)14-6-8-16-13(2)27-28-19(16)10-14/h6-12,26H,5,24H2,1-4H3,(H,27,28). The third-order valence-corrected chi connectivity index (χ3v) is 7.42. The second-order valence-corrected chi connectivity index (χ2v) is 10.00. The molecule has 9 nitrogen and oxygen atoms in total. The van der Waals surface area contributed by atoms with Gasteiger partial charge in [-0.2, -0.15) is 5.10 Å². The molecule has 2 heterocycles. The molecule has 0 amide bonds. The number of ether oxygens (including phenoxy) is 1. The predicted molar refractivity (Wildman–Crippen MR) is 126 cm³/mol. The van der Waals surface area contributed by atoms with Crippen LogP contribution in [-0.4, -0.2) is 44.7 Å². The number of rotatable bonds is 6. The minimum atomic E-state index is -3.51. The number of anilines is 1. The highest BCUT2D eigenvalue weighted by molar-refractivity contribution is 7.91. The molecule has 1 aliphatic rings. The van der Waals surface area contributed by atoms with E-state index in [0.717, 1.165) is 22.8 Å². The summed E-state index contributed by atoms with van der Waals surface area (Å²) in [4.78, 5) is 5.80. The van der Waals surface area contributed by atoms with Crippen molar-refractivity contribution < 1.29 is 17.5 Å². The van der Waals surface area contributed by atoms with Crippen LogP contribution in [0, 0.1) is 6.92 Å². The second-order valence-electron chi connectivity index (χ2n) is 7.72. The van der Waals surface area contributed by atoms with Gasteiger partial charge in [0.15, 0.2) is 15.7 Å². The molecule has 0 saturated carbocycles. The van der Waals surface area contributed by atoms with Crippen molar-refractivity contribution in [3.05, 3.63) is 59.3 Å². The molecule has 174 valence electrons. The van der Waals surface area contributed by atoms with Crippen LogP contribution in [0.1, 0.15) is 18.2 Å². The van der Waals surface area contributed by atoms with Crippen LogP contribution >= 0.6 is 0 Å².